The molecule has 4 aromatic carbocycles. The molecular formula is C39H44O7Si. The van der Waals surface area contributed by atoms with Gasteiger partial charge in [0.05, 0.1) is 38.4 Å². The van der Waals surface area contributed by atoms with Gasteiger partial charge in [0, 0.05) is 6.42 Å². The smallest absolute Gasteiger partial charge is 0.338 e. The van der Waals surface area contributed by atoms with Crippen LogP contribution in [0, 0.1) is 0 Å². The van der Waals surface area contributed by atoms with Gasteiger partial charge in [0.25, 0.3) is 8.32 Å². The lowest BCUT2D eigenvalue weighted by atomic mass is 9.96. The number of carbonyl (C=O) groups excluding carboxylic acids is 2. The van der Waals surface area contributed by atoms with Crippen molar-refractivity contribution in [2.24, 2.45) is 0 Å². The Kier molecular flexibility index (Phi) is 11.4. The molecule has 1 saturated heterocycles. The molecule has 0 amide bonds. The Morgan fingerprint density at radius 3 is 1.81 bits per heavy atom. The molecule has 0 radical (unpaired) electrons. The third-order valence-corrected chi connectivity index (χ3v) is 13.7. The number of esters is 2. The molecule has 0 N–H and O–H groups in total. The van der Waals surface area contributed by atoms with Crippen LogP contribution in [-0.4, -0.2) is 58.4 Å². The number of ether oxygens (including phenoxy) is 4. The first-order chi connectivity index (χ1) is 22.7. The summed E-state index contributed by atoms with van der Waals surface area (Å²) in [4.78, 5) is 25.8. The van der Waals surface area contributed by atoms with Gasteiger partial charge in [-0.25, -0.2) is 4.79 Å². The van der Waals surface area contributed by atoms with E-state index in [0.717, 1.165) is 15.9 Å². The third kappa shape index (κ3) is 8.26. The molecule has 0 aromatic heterocycles. The maximum absolute atomic E-state index is 13.2. The molecule has 0 saturated carbocycles. The molecule has 47 heavy (non-hydrogen) atoms. The van der Waals surface area contributed by atoms with E-state index in [4.69, 9.17) is 23.4 Å². The summed E-state index contributed by atoms with van der Waals surface area (Å²) >= 11 is 0. The Labute approximate surface area is 278 Å². The first-order valence-corrected chi connectivity index (χ1v) is 18.0. The second kappa shape index (κ2) is 15.7. The first kappa shape index (κ1) is 34.3. The number of benzene rings is 4. The van der Waals surface area contributed by atoms with E-state index in [1.54, 1.807) is 24.3 Å². The Bertz CT molecular complexity index is 1520. The molecule has 4 aromatic rings. The molecule has 7 nitrogen and oxygen atoms in total. The lowest BCUT2D eigenvalue weighted by molar-refractivity contribution is -0.200. The molecular weight excluding hydrogens is 609 g/mol. The minimum Gasteiger partial charge on any atom is -0.469 e. The summed E-state index contributed by atoms with van der Waals surface area (Å²) in [5.74, 6) is -0.941. The predicted molar refractivity (Wildman–Crippen MR) is 184 cm³/mol. The summed E-state index contributed by atoms with van der Waals surface area (Å²) in [6.07, 6.45) is -2.30. The number of rotatable bonds is 12. The van der Waals surface area contributed by atoms with Gasteiger partial charge in [0.1, 0.15) is 18.3 Å². The van der Waals surface area contributed by atoms with Crippen LogP contribution in [0.25, 0.3) is 0 Å². The van der Waals surface area contributed by atoms with E-state index in [2.05, 4.69) is 69.3 Å². The van der Waals surface area contributed by atoms with Crippen molar-refractivity contribution in [3.8, 4) is 0 Å². The van der Waals surface area contributed by atoms with Gasteiger partial charge in [-0.05, 0) is 33.1 Å². The molecule has 1 aliphatic rings. The van der Waals surface area contributed by atoms with Crippen LogP contribution in [0.5, 0.6) is 0 Å². The highest BCUT2D eigenvalue weighted by Crippen LogP contribution is 2.38. The van der Waals surface area contributed by atoms with Crippen molar-refractivity contribution >= 4 is 30.6 Å². The lowest BCUT2D eigenvalue weighted by Crippen LogP contribution is -2.67. The third-order valence-electron chi connectivity index (χ3n) is 8.69. The standard InChI is InChI=1S/C39H44O7Si/c1-39(2,3)47(31-21-13-7-14-22-31,32-23-15-8-16-24-32)44-28-36-33(43-27-29-17-9-5-10-18-29)25-34(35(45-36)26-37(40)42-4)46-38(41)30-19-11-6-12-20-30/h5-24,33-36H,25-28H2,1-4H3/t33-,34+,35-,36+/m1/s1. The van der Waals surface area contributed by atoms with Crippen LogP contribution in [0.1, 0.15) is 49.5 Å². The van der Waals surface area contributed by atoms with Gasteiger partial charge < -0.3 is 23.4 Å². The Balaban J connectivity index is 1.48. The summed E-state index contributed by atoms with van der Waals surface area (Å²) in [5.41, 5.74) is 1.43. The second-order valence-electron chi connectivity index (χ2n) is 12.8. The number of methoxy groups -OCH3 is 1. The quantitative estimate of drug-likeness (QED) is 0.135. The van der Waals surface area contributed by atoms with Gasteiger partial charge >= 0.3 is 11.9 Å². The molecule has 0 aliphatic carbocycles. The first-order valence-electron chi connectivity index (χ1n) is 16.1. The van der Waals surface area contributed by atoms with Gasteiger partial charge in [-0.1, -0.05) is 130 Å². The van der Waals surface area contributed by atoms with E-state index in [1.165, 1.54) is 7.11 Å². The Morgan fingerprint density at radius 1 is 0.745 bits per heavy atom. The fraction of sp³-hybridized carbons (Fsp3) is 0.333. The highest BCUT2D eigenvalue weighted by atomic mass is 28.4. The Hall–Kier alpha value is -4.08. The summed E-state index contributed by atoms with van der Waals surface area (Å²) in [5, 5.41) is 2.05. The van der Waals surface area contributed by atoms with E-state index < -0.39 is 44.7 Å². The molecule has 1 aliphatic heterocycles. The monoisotopic (exact) mass is 652 g/mol. The Morgan fingerprint density at radius 2 is 1.28 bits per heavy atom. The lowest BCUT2D eigenvalue weighted by Gasteiger charge is -2.46. The highest BCUT2D eigenvalue weighted by molar-refractivity contribution is 6.99. The molecule has 4 atom stereocenters. The molecule has 0 spiro atoms. The van der Waals surface area contributed by atoms with Crippen LogP contribution in [0.2, 0.25) is 5.04 Å². The van der Waals surface area contributed by atoms with Crippen molar-refractivity contribution in [2.75, 3.05) is 13.7 Å². The number of hydrogen-bond donors (Lipinski definition) is 0. The predicted octanol–water partition coefficient (Wildman–Crippen LogP) is 6.09. The minimum atomic E-state index is -2.91. The summed E-state index contributed by atoms with van der Waals surface area (Å²) in [7, 11) is -1.57. The van der Waals surface area contributed by atoms with E-state index in [9.17, 15) is 9.59 Å². The van der Waals surface area contributed by atoms with Crippen LogP contribution >= 0.6 is 0 Å². The van der Waals surface area contributed by atoms with Gasteiger partial charge in [0.2, 0.25) is 0 Å². The van der Waals surface area contributed by atoms with Crippen LogP contribution < -0.4 is 10.4 Å². The van der Waals surface area contributed by atoms with Crippen molar-refractivity contribution in [1.82, 2.24) is 0 Å². The van der Waals surface area contributed by atoms with Gasteiger partial charge in [-0.15, -0.1) is 0 Å². The molecule has 0 bridgehead atoms. The fourth-order valence-corrected chi connectivity index (χ4v) is 10.9. The van der Waals surface area contributed by atoms with E-state index >= 15 is 0 Å². The second-order valence-corrected chi connectivity index (χ2v) is 17.2. The number of carbonyl (C=O) groups is 2. The summed E-state index contributed by atoms with van der Waals surface area (Å²) < 4.78 is 31.5. The molecule has 1 heterocycles. The van der Waals surface area contributed by atoms with Crippen LogP contribution in [-0.2, 0) is 34.8 Å². The van der Waals surface area contributed by atoms with Crippen molar-refractivity contribution in [3.05, 3.63) is 132 Å². The van der Waals surface area contributed by atoms with Gasteiger partial charge in [-0.3, -0.25) is 4.79 Å². The zero-order valence-electron chi connectivity index (χ0n) is 27.5. The molecule has 1 fully saturated rings. The molecule has 246 valence electrons. The largest absolute Gasteiger partial charge is 0.469 e. The van der Waals surface area contributed by atoms with Crippen LogP contribution in [0.15, 0.2) is 121 Å². The van der Waals surface area contributed by atoms with Gasteiger partial charge in [0.15, 0.2) is 0 Å². The maximum Gasteiger partial charge on any atom is 0.338 e. The van der Waals surface area contributed by atoms with Crippen LogP contribution in [0.3, 0.4) is 0 Å². The average molecular weight is 653 g/mol. The van der Waals surface area contributed by atoms with E-state index in [0.29, 0.717) is 18.6 Å². The molecule has 0 unspecified atom stereocenters. The minimum absolute atomic E-state index is 0.0790. The highest BCUT2D eigenvalue weighted by Gasteiger charge is 2.51. The molecule has 5 rings (SSSR count). The van der Waals surface area contributed by atoms with Crippen molar-refractivity contribution in [1.29, 1.82) is 0 Å². The molecule has 8 heteroatoms. The van der Waals surface area contributed by atoms with Crippen molar-refractivity contribution < 1.29 is 33.0 Å². The summed E-state index contributed by atoms with van der Waals surface area (Å²) in [6, 6.07) is 39.5. The number of hydrogen-bond acceptors (Lipinski definition) is 7. The van der Waals surface area contributed by atoms with Gasteiger partial charge in [-0.2, -0.15) is 0 Å². The van der Waals surface area contributed by atoms with Crippen LogP contribution in [0.4, 0.5) is 0 Å². The maximum atomic E-state index is 13.2. The topological polar surface area (TPSA) is 80.3 Å². The fourth-order valence-electron chi connectivity index (χ4n) is 6.33. The normalized spacial score (nSPS) is 19.9. The zero-order valence-corrected chi connectivity index (χ0v) is 28.5. The average Bonchev–Trinajstić information content (AvgIpc) is 3.10. The van der Waals surface area contributed by atoms with E-state index in [-0.39, 0.29) is 18.1 Å². The zero-order chi connectivity index (χ0) is 33.3. The SMILES string of the molecule is COC(=O)C[C@H]1O[C@@H](CO[Si](c2ccccc2)(c2ccccc2)C(C)(C)C)[C@H](OCc2ccccc2)C[C@@H]1OC(=O)c1ccccc1. The van der Waals surface area contributed by atoms with Crippen molar-refractivity contribution in [2.45, 2.75) is 69.7 Å². The summed E-state index contributed by atoms with van der Waals surface area (Å²) in [6.45, 7) is 7.23. The van der Waals surface area contributed by atoms with E-state index in [1.807, 2.05) is 48.5 Å². The van der Waals surface area contributed by atoms with Crippen molar-refractivity contribution in [3.63, 3.8) is 0 Å².